The Bertz CT molecular complexity index is 1370. The first-order valence-corrected chi connectivity index (χ1v) is 11.6. The van der Waals surface area contributed by atoms with Crippen molar-refractivity contribution in [2.24, 2.45) is 23.7 Å². The number of rotatable bonds is 0. The van der Waals surface area contributed by atoms with E-state index >= 15 is 0 Å². The molecule has 6 atom stereocenters. The second-order valence-corrected chi connectivity index (χ2v) is 9.71. The van der Waals surface area contributed by atoms with Crippen LogP contribution >= 0.6 is 0 Å². The van der Waals surface area contributed by atoms with Crippen molar-refractivity contribution in [3.8, 4) is 0 Å². The number of ether oxygens (including phenoxy) is 2. The fourth-order valence-corrected chi connectivity index (χ4v) is 6.03. The van der Waals surface area contributed by atoms with Gasteiger partial charge in [0.1, 0.15) is 0 Å². The molecule has 0 radical (unpaired) electrons. The summed E-state index contributed by atoms with van der Waals surface area (Å²) in [5.74, 6) is -6.64. The van der Waals surface area contributed by atoms with Gasteiger partial charge in [-0.1, -0.05) is 48.6 Å². The number of esters is 2. The molecule has 2 aliphatic carbocycles. The molecule has 3 aliphatic rings. The summed E-state index contributed by atoms with van der Waals surface area (Å²) in [7, 11) is 0. The molecule has 0 spiro atoms. The van der Waals surface area contributed by atoms with Gasteiger partial charge in [0.25, 0.3) is 0 Å². The van der Waals surface area contributed by atoms with Crippen LogP contribution in [0.5, 0.6) is 0 Å². The molecule has 1 heterocycles. The van der Waals surface area contributed by atoms with E-state index in [1.807, 2.05) is 0 Å². The molecular weight excluding hydrogens is 502 g/mol. The SMILES string of the molecule is O=C1OC(C(F)(F)F)c2cccc3cc4cccc(c4cc23)[C@@H](C(F)(F)F)OC(=O)[C@@H]2[C@@H]1[C@@H]1C=C[C@H]2C1. The van der Waals surface area contributed by atoms with Crippen LogP contribution in [0.15, 0.2) is 60.7 Å². The second-order valence-electron chi connectivity index (χ2n) is 9.71. The van der Waals surface area contributed by atoms with Crippen LogP contribution in [0.25, 0.3) is 21.5 Å². The van der Waals surface area contributed by atoms with Crippen LogP contribution in [0.2, 0.25) is 0 Å². The predicted molar refractivity (Wildman–Crippen MR) is 119 cm³/mol. The number of cyclic esters (lactones) is 2. The summed E-state index contributed by atoms with van der Waals surface area (Å²) in [4.78, 5) is 26.4. The molecule has 0 N–H and O–H groups in total. The molecule has 0 amide bonds. The monoisotopic (exact) mass is 520 g/mol. The van der Waals surface area contributed by atoms with Crippen molar-refractivity contribution >= 4 is 33.5 Å². The van der Waals surface area contributed by atoms with Crippen molar-refractivity contribution in [1.82, 2.24) is 0 Å². The van der Waals surface area contributed by atoms with E-state index in [4.69, 9.17) is 9.47 Å². The van der Waals surface area contributed by atoms with Gasteiger partial charge in [-0.05, 0) is 51.9 Å². The van der Waals surface area contributed by atoms with Crippen molar-refractivity contribution in [3.63, 3.8) is 0 Å². The Balaban J connectivity index is 1.65. The number of benzene rings is 3. The van der Waals surface area contributed by atoms with Crippen LogP contribution in [0.3, 0.4) is 0 Å². The molecule has 1 unspecified atom stereocenters. The van der Waals surface area contributed by atoms with E-state index in [1.165, 1.54) is 36.4 Å². The Morgan fingerprint density at radius 1 is 0.649 bits per heavy atom. The molecule has 10 heteroatoms. The number of alkyl halides is 6. The van der Waals surface area contributed by atoms with Gasteiger partial charge >= 0.3 is 24.3 Å². The molecule has 6 rings (SSSR count). The quantitative estimate of drug-likeness (QED) is 0.143. The molecular formula is C27H18F6O4. The maximum Gasteiger partial charge on any atom is 0.429 e. The highest BCUT2D eigenvalue weighted by atomic mass is 19.4. The largest absolute Gasteiger partial charge is 0.447 e. The number of fused-ring (bicyclic) bond motifs is 5. The first-order chi connectivity index (χ1) is 17.4. The van der Waals surface area contributed by atoms with Gasteiger partial charge < -0.3 is 9.47 Å². The zero-order chi connectivity index (χ0) is 26.3. The summed E-state index contributed by atoms with van der Waals surface area (Å²) >= 11 is 0. The minimum atomic E-state index is -5.02. The number of halogens is 6. The van der Waals surface area contributed by atoms with E-state index in [9.17, 15) is 35.9 Å². The van der Waals surface area contributed by atoms with E-state index in [1.54, 1.807) is 12.2 Å². The highest BCUT2D eigenvalue weighted by Crippen LogP contribution is 2.52. The highest BCUT2D eigenvalue weighted by molar-refractivity contribution is 6.01. The zero-order valence-electron chi connectivity index (χ0n) is 18.8. The molecule has 37 heavy (non-hydrogen) atoms. The average molecular weight is 520 g/mol. The van der Waals surface area contributed by atoms with Crippen molar-refractivity contribution in [2.75, 3.05) is 0 Å². The molecule has 192 valence electrons. The van der Waals surface area contributed by atoms with Gasteiger partial charge in [-0.2, -0.15) is 26.3 Å². The number of hydrogen-bond acceptors (Lipinski definition) is 4. The molecule has 1 aliphatic heterocycles. The summed E-state index contributed by atoms with van der Waals surface area (Å²) in [6, 6.07) is 10.7. The molecule has 4 bridgehead atoms. The Hall–Kier alpha value is -3.56. The average Bonchev–Trinajstić information content (AvgIpc) is 3.44. The topological polar surface area (TPSA) is 52.6 Å². The normalized spacial score (nSPS) is 29.7. The first-order valence-electron chi connectivity index (χ1n) is 11.6. The Labute approximate surface area is 205 Å². The van der Waals surface area contributed by atoms with E-state index in [2.05, 4.69) is 0 Å². The molecule has 0 aromatic heterocycles. The van der Waals surface area contributed by atoms with Gasteiger partial charge in [-0.25, -0.2) is 0 Å². The van der Waals surface area contributed by atoms with Gasteiger partial charge in [-0.15, -0.1) is 0 Å². The van der Waals surface area contributed by atoms with E-state index in [0.29, 0.717) is 10.8 Å². The molecule has 4 nitrogen and oxygen atoms in total. The standard InChI is InChI=1S/C27H18F6O4/c28-26(29,30)22-16-5-1-3-12-9-13-4-2-6-17(19(13)11-18(12)16)23(27(31,32)33)37-25(35)21-15-8-7-14(10-15)20(21)24(34)36-22/h1-9,11,14-15,20-23H,10H2/t14-,15+,20-,21-,22-,23?/m0/s1. The Morgan fingerprint density at radius 2 is 1.08 bits per heavy atom. The van der Waals surface area contributed by atoms with E-state index < -0.39 is 71.3 Å². The van der Waals surface area contributed by atoms with Crippen LogP contribution in [0.4, 0.5) is 26.3 Å². The van der Waals surface area contributed by atoms with Crippen LogP contribution in [0.1, 0.15) is 29.8 Å². The summed E-state index contributed by atoms with van der Waals surface area (Å²) in [5.41, 5.74) is -0.805. The van der Waals surface area contributed by atoms with Crippen LogP contribution in [-0.2, 0) is 19.1 Å². The van der Waals surface area contributed by atoms with Gasteiger partial charge in [0.2, 0.25) is 12.2 Å². The summed E-state index contributed by atoms with van der Waals surface area (Å²) < 4.78 is 96.0. The summed E-state index contributed by atoms with van der Waals surface area (Å²) in [6.07, 6.45) is -12.0. The van der Waals surface area contributed by atoms with Gasteiger partial charge in [0.15, 0.2) is 0 Å². The molecule has 1 saturated carbocycles. The van der Waals surface area contributed by atoms with Crippen molar-refractivity contribution in [3.05, 3.63) is 71.8 Å². The number of carbonyl (C=O) groups is 2. The molecule has 1 fully saturated rings. The molecule has 0 saturated heterocycles. The lowest BCUT2D eigenvalue weighted by atomic mass is 9.83. The van der Waals surface area contributed by atoms with Crippen molar-refractivity contribution in [2.45, 2.75) is 31.0 Å². The summed E-state index contributed by atoms with van der Waals surface area (Å²) in [6.45, 7) is 0. The van der Waals surface area contributed by atoms with Crippen molar-refractivity contribution < 1.29 is 45.4 Å². The highest BCUT2D eigenvalue weighted by Gasteiger charge is 2.57. The van der Waals surface area contributed by atoms with E-state index in [-0.39, 0.29) is 17.2 Å². The lowest BCUT2D eigenvalue weighted by Gasteiger charge is -2.29. The van der Waals surface area contributed by atoms with Gasteiger partial charge in [-0.3, -0.25) is 9.59 Å². The zero-order valence-corrected chi connectivity index (χ0v) is 18.8. The maximum absolute atomic E-state index is 14.3. The fraction of sp³-hybridized carbons (Fsp3) is 0.333. The Kier molecular flexibility index (Phi) is 5.13. The van der Waals surface area contributed by atoms with Crippen LogP contribution in [0, 0.1) is 23.7 Å². The summed E-state index contributed by atoms with van der Waals surface area (Å²) in [5, 5.41) is 0.606. The van der Waals surface area contributed by atoms with Crippen LogP contribution in [-0.4, -0.2) is 24.3 Å². The first kappa shape index (κ1) is 23.8. The molecule has 3 aromatic carbocycles. The third kappa shape index (κ3) is 3.76. The minimum absolute atomic E-state index is 0.0199. The lowest BCUT2D eigenvalue weighted by Crippen LogP contribution is -2.39. The number of hydrogen-bond donors (Lipinski definition) is 0. The van der Waals surface area contributed by atoms with Gasteiger partial charge in [0.05, 0.1) is 11.8 Å². The fourth-order valence-electron chi connectivity index (χ4n) is 6.03. The Morgan fingerprint density at radius 3 is 1.49 bits per heavy atom. The lowest BCUT2D eigenvalue weighted by molar-refractivity contribution is -0.231. The van der Waals surface area contributed by atoms with Crippen LogP contribution < -0.4 is 0 Å². The predicted octanol–water partition coefficient (Wildman–Crippen LogP) is 6.74. The smallest absolute Gasteiger partial charge is 0.429 e. The maximum atomic E-state index is 14.3. The number of carbonyl (C=O) groups excluding carboxylic acids is 2. The minimum Gasteiger partial charge on any atom is -0.447 e. The van der Waals surface area contributed by atoms with E-state index in [0.717, 1.165) is 12.1 Å². The number of allylic oxidation sites excluding steroid dienone is 2. The second kappa shape index (κ2) is 7.97. The van der Waals surface area contributed by atoms with Gasteiger partial charge in [0, 0.05) is 11.1 Å². The molecule has 3 aromatic rings. The third-order valence-corrected chi connectivity index (χ3v) is 7.58. The third-order valence-electron chi connectivity index (χ3n) is 7.58. The van der Waals surface area contributed by atoms with Crippen molar-refractivity contribution in [1.29, 1.82) is 0 Å².